The Bertz CT molecular complexity index is 322. The fourth-order valence-corrected chi connectivity index (χ4v) is 4.51. The predicted octanol–water partition coefficient (Wildman–Crippen LogP) is 5.95. The van der Waals surface area contributed by atoms with Crippen molar-refractivity contribution in [1.29, 1.82) is 5.26 Å². The van der Waals surface area contributed by atoms with Crippen molar-refractivity contribution in [3.05, 3.63) is 0 Å². The standard InChI is InChI=1S/C19H33N/c1-4-19(2,3)13-15-5-9-17(10-6-15)18-11-7-16(14-20)8-12-18/h15-18H,4-13H2,1-3H3. The van der Waals surface area contributed by atoms with Crippen molar-refractivity contribution < 1.29 is 0 Å². The van der Waals surface area contributed by atoms with E-state index in [0.29, 0.717) is 11.3 Å². The molecule has 0 spiro atoms. The molecule has 0 heterocycles. The van der Waals surface area contributed by atoms with E-state index in [4.69, 9.17) is 5.26 Å². The van der Waals surface area contributed by atoms with Gasteiger partial charge in [0.25, 0.3) is 0 Å². The summed E-state index contributed by atoms with van der Waals surface area (Å²) in [6.07, 6.45) is 13.6. The second kappa shape index (κ2) is 6.97. The van der Waals surface area contributed by atoms with Crippen molar-refractivity contribution >= 4 is 0 Å². The number of hydrogen-bond acceptors (Lipinski definition) is 1. The molecule has 1 heteroatoms. The van der Waals surface area contributed by atoms with Crippen LogP contribution in [0, 0.1) is 40.4 Å². The lowest BCUT2D eigenvalue weighted by atomic mass is 9.67. The van der Waals surface area contributed by atoms with Gasteiger partial charge in [-0.3, -0.25) is 0 Å². The third kappa shape index (κ3) is 4.24. The summed E-state index contributed by atoms with van der Waals surface area (Å²) in [5, 5.41) is 9.00. The molecule has 114 valence electrons. The van der Waals surface area contributed by atoms with Crippen LogP contribution in [0.25, 0.3) is 0 Å². The van der Waals surface area contributed by atoms with Gasteiger partial charge in [0.05, 0.1) is 6.07 Å². The topological polar surface area (TPSA) is 23.8 Å². The van der Waals surface area contributed by atoms with Gasteiger partial charge < -0.3 is 0 Å². The molecule has 0 unspecified atom stereocenters. The van der Waals surface area contributed by atoms with Gasteiger partial charge in [0.1, 0.15) is 0 Å². The van der Waals surface area contributed by atoms with Crippen LogP contribution in [-0.4, -0.2) is 0 Å². The normalized spacial score (nSPS) is 35.5. The number of nitrogens with zero attached hydrogens (tertiary/aromatic N) is 1. The molecule has 1 nitrogen and oxygen atoms in total. The van der Waals surface area contributed by atoms with Crippen LogP contribution in [0.3, 0.4) is 0 Å². The second-order valence-electron chi connectivity index (χ2n) is 8.24. The van der Waals surface area contributed by atoms with Crippen molar-refractivity contribution in [3.63, 3.8) is 0 Å². The Morgan fingerprint density at radius 1 is 0.900 bits per heavy atom. The molecule has 2 rings (SSSR count). The van der Waals surface area contributed by atoms with E-state index in [1.54, 1.807) is 0 Å². The summed E-state index contributed by atoms with van der Waals surface area (Å²) in [5.41, 5.74) is 0.544. The zero-order chi connectivity index (χ0) is 14.6. The van der Waals surface area contributed by atoms with Crippen LogP contribution in [0.2, 0.25) is 0 Å². The molecule has 0 amide bonds. The highest BCUT2D eigenvalue weighted by Gasteiger charge is 2.32. The number of hydrogen-bond donors (Lipinski definition) is 0. The summed E-state index contributed by atoms with van der Waals surface area (Å²) in [7, 11) is 0. The lowest BCUT2D eigenvalue weighted by Crippen LogP contribution is -2.27. The Hall–Kier alpha value is -0.510. The fraction of sp³-hybridized carbons (Fsp3) is 0.947. The molecule has 2 aliphatic carbocycles. The minimum absolute atomic E-state index is 0.368. The van der Waals surface area contributed by atoms with E-state index in [0.717, 1.165) is 17.8 Å². The number of nitriles is 1. The first-order valence-electron chi connectivity index (χ1n) is 8.93. The van der Waals surface area contributed by atoms with E-state index in [1.807, 2.05) is 0 Å². The zero-order valence-corrected chi connectivity index (χ0v) is 13.8. The molecule has 0 aromatic rings. The van der Waals surface area contributed by atoms with Crippen LogP contribution < -0.4 is 0 Å². The average molecular weight is 275 g/mol. The molecule has 0 aliphatic heterocycles. The van der Waals surface area contributed by atoms with Gasteiger partial charge in [-0.15, -0.1) is 0 Å². The third-order valence-corrected chi connectivity index (χ3v) is 6.31. The first kappa shape index (κ1) is 15.9. The van der Waals surface area contributed by atoms with E-state index in [-0.39, 0.29) is 0 Å². The summed E-state index contributed by atoms with van der Waals surface area (Å²) < 4.78 is 0. The van der Waals surface area contributed by atoms with Crippen LogP contribution >= 0.6 is 0 Å². The van der Waals surface area contributed by atoms with E-state index in [9.17, 15) is 0 Å². The first-order valence-corrected chi connectivity index (χ1v) is 8.93. The predicted molar refractivity (Wildman–Crippen MR) is 85.2 cm³/mol. The van der Waals surface area contributed by atoms with E-state index in [1.165, 1.54) is 64.2 Å². The van der Waals surface area contributed by atoms with Crippen molar-refractivity contribution in [1.82, 2.24) is 0 Å². The largest absolute Gasteiger partial charge is 0.198 e. The molecule has 2 fully saturated rings. The molecule has 0 radical (unpaired) electrons. The van der Waals surface area contributed by atoms with E-state index < -0.39 is 0 Å². The summed E-state index contributed by atoms with van der Waals surface area (Å²) in [5.74, 6) is 3.28. The monoisotopic (exact) mass is 275 g/mol. The van der Waals surface area contributed by atoms with Crippen LogP contribution in [0.15, 0.2) is 0 Å². The minimum atomic E-state index is 0.368. The van der Waals surface area contributed by atoms with Gasteiger partial charge in [-0.2, -0.15) is 5.26 Å². The maximum absolute atomic E-state index is 9.00. The highest BCUT2D eigenvalue weighted by Crippen LogP contribution is 2.44. The summed E-state index contributed by atoms with van der Waals surface area (Å²) in [4.78, 5) is 0. The van der Waals surface area contributed by atoms with Gasteiger partial charge in [-0.1, -0.05) is 40.0 Å². The van der Waals surface area contributed by atoms with Gasteiger partial charge in [-0.05, 0) is 68.1 Å². The summed E-state index contributed by atoms with van der Waals surface area (Å²) in [6, 6.07) is 2.47. The van der Waals surface area contributed by atoms with Crippen LogP contribution in [-0.2, 0) is 0 Å². The quantitative estimate of drug-likeness (QED) is 0.622. The molecule has 2 aliphatic rings. The molecule has 0 atom stereocenters. The Kier molecular flexibility index (Phi) is 5.53. The molecule has 0 aromatic carbocycles. The Morgan fingerprint density at radius 2 is 1.40 bits per heavy atom. The zero-order valence-electron chi connectivity index (χ0n) is 13.8. The molecule has 0 aromatic heterocycles. The lowest BCUT2D eigenvalue weighted by Gasteiger charge is -2.38. The Balaban J connectivity index is 1.73. The van der Waals surface area contributed by atoms with E-state index in [2.05, 4.69) is 26.8 Å². The molecule has 20 heavy (non-hydrogen) atoms. The smallest absolute Gasteiger partial charge is 0.0655 e. The van der Waals surface area contributed by atoms with Crippen molar-refractivity contribution in [2.24, 2.45) is 29.1 Å². The SMILES string of the molecule is CCC(C)(C)CC1CCC(C2CCC(C#N)CC2)CC1. The van der Waals surface area contributed by atoms with Gasteiger partial charge >= 0.3 is 0 Å². The molecular formula is C19H33N. The van der Waals surface area contributed by atoms with Crippen molar-refractivity contribution in [2.75, 3.05) is 0 Å². The molecule has 0 saturated heterocycles. The van der Waals surface area contributed by atoms with Gasteiger partial charge in [0, 0.05) is 5.92 Å². The Labute approximate surface area is 126 Å². The third-order valence-electron chi connectivity index (χ3n) is 6.31. The number of rotatable bonds is 4. The first-order chi connectivity index (χ1) is 9.54. The summed E-state index contributed by atoms with van der Waals surface area (Å²) >= 11 is 0. The molecule has 0 bridgehead atoms. The summed E-state index contributed by atoms with van der Waals surface area (Å²) in [6.45, 7) is 7.20. The average Bonchev–Trinajstić information content (AvgIpc) is 2.48. The molecule has 0 N–H and O–H groups in total. The van der Waals surface area contributed by atoms with Crippen LogP contribution in [0.1, 0.15) is 85.0 Å². The maximum atomic E-state index is 9.00. The molecule has 2 saturated carbocycles. The van der Waals surface area contributed by atoms with Gasteiger partial charge in [-0.25, -0.2) is 0 Å². The maximum Gasteiger partial charge on any atom is 0.0655 e. The Morgan fingerprint density at radius 3 is 1.85 bits per heavy atom. The minimum Gasteiger partial charge on any atom is -0.198 e. The highest BCUT2D eigenvalue weighted by molar-refractivity contribution is 4.90. The van der Waals surface area contributed by atoms with Gasteiger partial charge in [0.2, 0.25) is 0 Å². The molecular weight excluding hydrogens is 242 g/mol. The second-order valence-corrected chi connectivity index (χ2v) is 8.24. The van der Waals surface area contributed by atoms with Crippen molar-refractivity contribution in [2.45, 2.75) is 85.0 Å². The van der Waals surface area contributed by atoms with Gasteiger partial charge in [0.15, 0.2) is 0 Å². The highest BCUT2D eigenvalue weighted by atomic mass is 14.4. The van der Waals surface area contributed by atoms with E-state index >= 15 is 0 Å². The fourth-order valence-electron chi connectivity index (χ4n) is 4.51. The van der Waals surface area contributed by atoms with Crippen LogP contribution in [0.5, 0.6) is 0 Å². The lowest BCUT2D eigenvalue weighted by molar-refractivity contribution is 0.132. The van der Waals surface area contributed by atoms with Crippen LogP contribution in [0.4, 0.5) is 0 Å². The van der Waals surface area contributed by atoms with Crippen molar-refractivity contribution in [3.8, 4) is 6.07 Å².